The van der Waals surface area contributed by atoms with Crippen LogP contribution in [0.4, 0.5) is 10.2 Å². The molecule has 1 aromatic carbocycles. The van der Waals surface area contributed by atoms with Crippen LogP contribution in [-0.2, 0) is 13.0 Å². The van der Waals surface area contributed by atoms with Crippen molar-refractivity contribution in [1.29, 1.82) is 5.26 Å². The summed E-state index contributed by atoms with van der Waals surface area (Å²) in [6.45, 7) is 4.77. The Kier molecular flexibility index (Phi) is 4.04. The second kappa shape index (κ2) is 5.74. The Morgan fingerprint density at radius 3 is 2.80 bits per heavy atom. The molecule has 0 amide bonds. The van der Waals surface area contributed by atoms with Crippen molar-refractivity contribution in [2.24, 2.45) is 5.92 Å². The quantitative estimate of drug-likeness (QED) is 0.930. The molecule has 0 spiro atoms. The van der Waals surface area contributed by atoms with Crippen LogP contribution in [0.2, 0.25) is 0 Å². The van der Waals surface area contributed by atoms with E-state index in [0.717, 1.165) is 5.56 Å². The Morgan fingerprint density at radius 2 is 2.20 bits per heavy atom. The van der Waals surface area contributed by atoms with Crippen molar-refractivity contribution in [3.63, 3.8) is 0 Å². The van der Waals surface area contributed by atoms with Gasteiger partial charge in [-0.3, -0.25) is 0 Å². The standard InChI is InChI=1S/C15H17FN4/c1-10(2)9-20-15(18)13(8-17)14(19-20)7-11-4-3-5-12(16)6-11/h3-6,10H,7,9,18H2,1-2H3. The Labute approximate surface area is 117 Å². The van der Waals surface area contributed by atoms with Gasteiger partial charge in [0.1, 0.15) is 23.3 Å². The summed E-state index contributed by atoms with van der Waals surface area (Å²) < 4.78 is 14.8. The number of nitrogen functional groups attached to an aromatic ring is 1. The summed E-state index contributed by atoms with van der Waals surface area (Å²) >= 11 is 0. The second-order valence-electron chi connectivity index (χ2n) is 5.20. The summed E-state index contributed by atoms with van der Waals surface area (Å²) in [4.78, 5) is 0. The third-order valence-corrected chi connectivity index (χ3v) is 2.97. The zero-order chi connectivity index (χ0) is 14.7. The molecule has 0 atom stereocenters. The van der Waals surface area contributed by atoms with Gasteiger partial charge in [0.2, 0.25) is 0 Å². The van der Waals surface area contributed by atoms with Gasteiger partial charge < -0.3 is 5.73 Å². The van der Waals surface area contributed by atoms with Crippen molar-refractivity contribution in [1.82, 2.24) is 9.78 Å². The van der Waals surface area contributed by atoms with Gasteiger partial charge in [-0.2, -0.15) is 10.4 Å². The van der Waals surface area contributed by atoms with Gasteiger partial charge in [0.15, 0.2) is 0 Å². The van der Waals surface area contributed by atoms with E-state index >= 15 is 0 Å². The Morgan fingerprint density at radius 1 is 1.45 bits per heavy atom. The van der Waals surface area contributed by atoms with Gasteiger partial charge in [-0.15, -0.1) is 0 Å². The van der Waals surface area contributed by atoms with Gasteiger partial charge in [-0.05, 0) is 23.6 Å². The van der Waals surface area contributed by atoms with Crippen LogP contribution < -0.4 is 5.73 Å². The number of aromatic nitrogens is 2. The molecule has 5 heteroatoms. The molecule has 0 saturated heterocycles. The lowest BCUT2D eigenvalue weighted by Crippen LogP contribution is -2.09. The van der Waals surface area contributed by atoms with Crippen LogP contribution in [-0.4, -0.2) is 9.78 Å². The van der Waals surface area contributed by atoms with Crippen LogP contribution in [0.5, 0.6) is 0 Å². The van der Waals surface area contributed by atoms with Crippen LogP contribution in [0.25, 0.3) is 0 Å². The molecule has 104 valence electrons. The highest BCUT2D eigenvalue weighted by Gasteiger charge is 2.16. The average molecular weight is 272 g/mol. The van der Waals surface area contributed by atoms with Gasteiger partial charge >= 0.3 is 0 Å². The van der Waals surface area contributed by atoms with Crippen LogP contribution in [0.15, 0.2) is 24.3 Å². The van der Waals surface area contributed by atoms with E-state index in [1.54, 1.807) is 10.7 Å². The third-order valence-electron chi connectivity index (χ3n) is 2.97. The predicted molar refractivity (Wildman–Crippen MR) is 75.4 cm³/mol. The molecule has 4 nitrogen and oxygen atoms in total. The first-order valence-electron chi connectivity index (χ1n) is 6.51. The van der Waals surface area contributed by atoms with E-state index in [0.29, 0.717) is 36.0 Å². The fourth-order valence-electron chi connectivity index (χ4n) is 2.10. The summed E-state index contributed by atoms with van der Waals surface area (Å²) in [7, 11) is 0. The number of hydrogen-bond acceptors (Lipinski definition) is 3. The van der Waals surface area contributed by atoms with Crippen molar-refractivity contribution in [2.75, 3.05) is 5.73 Å². The highest BCUT2D eigenvalue weighted by Crippen LogP contribution is 2.20. The van der Waals surface area contributed by atoms with E-state index in [-0.39, 0.29) is 5.82 Å². The summed E-state index contributed by atoms with van der Waals surface area (Å²) in [5, 5.41) is 13.6. The van der Waals surface area contributed by atoms with Crippen molar-refractivity contribution in [2.45, 2.75) is 26.8 Å². The zero-order valence-corrected chi connectivity index (χ0v) is 11.6. The third kappa shape index (κ3) is 2.97. The highest BCUT2D eigenvalue weighted by molar-refractivity contribution is 5.53. The topological polar surface area (TPSA) is 67.6 Å². The van der Waals surface area contributed by atoms with Crippen molar-refractivity contribution in [3.05, 3.63) is 46.9 Å². The van der Waals surface area contributed by atoms with Crippen LogP contribution in [0.3, 0.4) is 0 Å². The van der Waals surface area contributed by atoms with Gasteiger partial charge in [0.25, 0.3) is 0 Å². The molecule has 0 unspecified atom stereocenters. The fourth-order valence-corrected chi connectivity index (χ4v) is 2.10. The monoisotopic (exact) mass is 272 g/mol. The minimum Gasteiger partial charge on any atom is -0.383 e. The number of rotatable bonds is 4. The summed E-state index contributed by atoms with van der Waals surface area (Å²) in [6, 6.07) is 8.37. The maximum atomic E-state index is 13.2. The predicted octanol–water partition coefficient (Wildman–Crippen LogP) is 2.72. The molecule has 0 saturated carbocycles. The molecular weight excluding hydrogens is 255 g/mol. The summed E-state index contributed by atoms with van der Waals surface area (Å²) in [5.41, 5.74) is 7.70. The van der Waals surface area contributed by atoms with E-state index in [1.165, 1.54) is 12.1 Å². The molecular formula is C15H17FN4. The van der Waals surface area contributed by atoms with Crippen molar-refractivity contribution < 1.29 is 4.39 Å². The van der Waals surface area contributed by atoms with Crippen LogP contribution >= 0.6 is 0 Å². The van der Waals surface area contributed by atoms with Gasteiger partial charge in [0, 0.05) is 13.0 Å². The first kappa shape index (κ1) is 14.1. The summed E-state index contributed by atoms with van der Waals surface area (Å²) in [5.74, 6) is 0.467. The van der Waals surface area contributed by atoms with E-state index < -0.39 is 0 Å². The molecule has 1 heterocycles. The smallest absolute Gasteiger partial charge is 0.140 e. The molecule has 2 aromatic rings. The molecule has 1 aromatic heterocycles. The Balaban J connectivity index is 2.34. The first-order chi connectivity index (χ1) is 9.51. The lowest BCUT2D eigenvalue weighted by atomic mass is 10.1. The van der Waals surface area contributed by atoms with E-state index in [9.17, 15) is 9.65 Å². The van der Waals surface area contributed by atoms with Gasteiger partial charge in [-0.1, -0.05) is 26.0 Å². The van der Waals surface area contributed by atoms with Crippen molar-refractivity contribution in [3.8, 4) is 6.07 Å². The molecule has 0 fully saturated rings. The van der Waals surface area contributed by atoms with Gasteiger partial charge in [-0.25, -0.2) is 9.07 Å². The largest absolute Gasteiger partial charge is 0.383 e. The first-order valence-corrected chi connectivity index (χ1v) is 6.51. The molecule has 0 bridgehead atoms. The second-order valence-corrected chi connectivity index (χ2v) is 5.20. The molecule has 2 rings (SSSR count). The Hall–Kier alpha value is -2.35. The van der Waals surface area contributed by atoms with E-state index in [1.807, 2.05) is 6.07 Å². The highest BCUT2D eigenvalue weighted by atomic mass is 19.1. The lowest BCUT2D eigenvalue weighted by Gasteiger charge is -2.06. The molecule has 0 aliphatic carbocycles. The van der Waals surface area contributed by atoms with E-state index in [4.69, 9.17) is 5.73 Å². The summed E-state index contributed by atoms with van der Waals surface area (Å²) in [6.07, 6.45) is 0.399. The molecule has 0 radical (unpaired) electrons. The van der Waals surface area contributed by atoms with E-state index in [2.05, 4.69) is 25.0 Å². The van der Waals surface area contributed by atoms with Gasteiger partial charge in [0.05, 0.1) is 5.69 Å². The maximum absolute atomic E-state index is 13.2. The number of nitrogens with two attached hydrogens (primary N) is 1. The van der Waals surface area contributed by atoms with Crippen molar-refractivity contribution >= 4 is 5.82 Å². The number of nitriles is 1. The maximum Gasteiger partial charge on any atom is 0.140 e. The van der Waals surface area contributed by atoms with Crippen LogP contribution in [0, 0.1) is 23.1 Å². The number of benzene rings is 1. The fraction of sp³-hybridized carbons (Fsp3) is 0.333. The number of hydrogen-bond donors (Lipinski definition) is 1. The number of halogens is 1. The lowest BCUT2D eigenvalue weighted by molar-refractivity contribution is 0.485. The molecule has 2 N–H and O–H groups in total. The SMILES string of the molecule is CC(C)Cn1nc(Cc2cccc(F)c2)c(C#N)c1N. The van der Waals surface area contributed by atoms with Crippen LogP contribution in [0.1, 0.15) is 30.7 Å². The number of nitrogens with zero attached hydrogens (tertiary/aromatic N) is 3. The average Bonchev–Trinajstić information content (AvgIpc) is 2.64. The number of anilines is 1. The minimum absolute atomic E-state index is 0.296. The Bertz CT molecular complexity index is 652. The molecule has 0 aliphatic heterocycles. The molecule has 0 aliphatic rings. The minimum atomic E-state index is -0.296. The molecule has 20 heavy (non-hydrogen) atoms. The normalized spacial score (nSPS) is 10.8. The zero-order valence-electron chi connectivity index (χ0n) is 11.6.